The Morgan fingerprint density at radius 1 is 1.21 bits per heavy atom. The fourth-order valence-corrected chi connectivity index (χ4v) is 3.19. The highest BCUT2D eigenvalue weighted by atomic mass is 16.5. The van der Waals surface area contributed by atoms with Crippen LogP contribution in [-0.4, -0.2) is 30.2 Å². The summed E-state index contributed by atoms with van der Waals surface area (Å²) in [6.07, 6.45) is 5.15. The number of methoxy groups -OCH3 is 1. The molecule has 6 nitrogen and oxygen atoms in total. The van der Waals surface area contributed by atoms with E-state index in [-0.39, 0.29) is 12.0 Å². The van der Waals surface area contributed by atoms with Gasteiger partial charge in [0.1, 0.15) is 0 Å². The molecule has 2 atom stereocenters. The smallest absolute Gasteiger partial charge is 0.307 e. The molecule has 0 bridgehead atoms. The molecule has 6 heteroatoms. The molecule has 0 saturated heterocycles. The number of nitrogens with one attached hydrogen (secondary N) is 1. The van der Waals surface area contributed by atoms with Crippen LogP contribution in [-0.2, 0) is 16.1 Å². The lowest BCUT2D eigenvalue weighted by molar-refractivity contribution is -0.140. The molecule has 1 aromatic carbocycles. The molecule has 2 N–H and O–H groups in total. The molecule has 0 radical (unpaired) electrons. The Bertz CT molecular complexity index is 624. The number of carbonyl (C=O) groups excluding carboxylic acids is 1. The molecular weight excluding hydrogens is 310 g/mol. The third-order valence-electron chi connectivity index (χ3n) is 4.74. The molecule has 0 aliphatic heterocycles. The van der Waals surface area contributed by atoms with Gasteiger partial charge in [-0.15, -0.1) is 0 Å². The van der Waals surface area contributed by atoms with Crippen molar-refractivity contribution in [2.45, 2.75) is 44.8 Å². The van der Waals surface area contributed by atoms with E-state index in [2.05, 4.69) is 5.32 Å². The second kappa shape index (κ2) is 7.11. The minimum atomic E-state index is -0.896. The van der Waals surface area contributed by atoms with Crippen LogP contribution in [0.25, 0.3) is 0 Å². The summed E-state index contributed by atoms with van der Waals surface area (Å²) < 4.78 is 11.4. The van der Waals surface area contributed by atoms with Crippen molar-refractivity contribution in [1.82, 2.24) is 5.32 Å². The van der Waals surface area contributed by atoms with Gasteiger partial charge in [0, 0.05) is 6.54 Å². The largest absolute Gasteiger partial charge is 0.493 e. The van der Waals surface area contributed by atoms with Crippen molar-refractivity contribution in [3.05, 3.63) is 23.8 Å². The topological polar surface area (TPSA) is 84.9 Å². The number of carboxylic acids is 1. The minimum Gasteiger partial charge on any atom is -0.493 e. The van der Waals surface area contributed by atoms with E-state index < -0.39 is 17.8 Å². The average Bonchev–Trinajstić information content (AvgIpc) is 3.23. The molecule has 1 amide bonds. The highest BCUT2D eigenvalue weighted by Gasteiger charge is 2.48. The first-order valence-electron chi connectivity index (χ1n) is 8.42. The zero-order chi connectivity index (χ0) is 17.1. The zero-order valence-corrected chi connectivity index (χ0v) is 13.8. The Kier molecular flexibility index (Phi) is 4.92. The van der Waals surface area contributed by atoms with E-state index >= 15 is 0 Å². The molecule has 24 heavy (non-hydrogen) atoms. The number of ether oxygens (including phenoxy) is 2. The van der Waals surface area contributed by atoms with Crippen LogP contribution in [0.3, 0.4) is 0 Å². The molecule has 2 fully saturated rings. The second-order valence-electron chi connectivity index (χ2n) is 6.51. The first-order chi connectivity index (χ1) is 11.6. The number of carboxylic acid groups (broad SMARTS) is 1. The second-order valence-corrected chi connectivity index (χ2v) is 6.51. The standard InChI is InChI=1S/C18H23NO5/c1-23-15-7-6-11(8-16(15)24-12-4-2-3-5-12)10-19-17(20)13-9-14(13)18(21)22/h6-8,12-14H,2-5,9-10H2,1H3,(H,19,20)(H,21,22)/t13-,14+/m1/s1. The van der Waals surface area contributed by atoms with Gasteiger partial charge < -0.3 is 19.9 Å². The summed E-state index contributed by atoms with van der Waals surface area (Å²) in [5.41, 5.74) is 0.907. The first kappa shape index (κ1) is 16.6. The number of benzene rings is 1. The van der Waals surface area contributed by atoms with Crippen LogP contribution in [0.15, 0.2) is 18.2 Å². The zero-order valence-electron chi connectivity index (χ0n) is 13.8. The van der Waals surface area contributed by atoms with Crippen LogP contribution in [0.2, 0.25) is 0 Å². The quantitative estimate of drug-likeness (QED) is 0.800. The molecular formula is C18H23NO5. The summed E-state index contributed by atoms with van der Waals surface area (Å²) in [7, 11) is 1.61. The van der Waals surface area contributed by atoms with Crippen LogP contribution < -0.4 is 14.8 Å². The summed E-state index contributed by atoms with van der Waals surface area (Å²) in [5.74, 6) is -0.628. The Hall–Kier alpha value is -2.24. The summed E-state index contributed by atoms with van der Waals surface area (Å²) in [4.78, 5) is 22.8. The molecule has 0 heterocycles. The predicted molar refractivity (Wildman–Crippen MR) is 87.0 cm³/mol. The van der Waals surface area contributed by atoms with Crippen LogP contribution in [0.1, 0.15) is 37.7 Å². The van der Waals surface area contributed by atoms with E-state index in [9.17, 15) is 9.59 Å². The average molecular weight is 333 g/mol. The van der Waals surface area contributed by atoms with Crippen molar-refractivity contribution >= 4 is 11.9 Å². The normalized spacial score (nSPS) is 22.9. The number of hydrogen-bond donors (Lipinski definition) is 2. The number of aliphatic carboxylic acids is 1. The van der Waals surface area contributed by atoms with Crippen molar-refractivity contribution in [3.8, 4) is 11.5 Å². The third kappa shape index (κ3) is 3.80. The fraction of sp³-hybridized carbons (Fsp3) is 0.556. The van der Waals surface area contributed by atoms with Crippen molar-refractivity contribution < 1.29 is 24.2 Å². The van der Waals surface area contributed by atoms with Gasteiger partial charge in [-0.25, -0.2) is 0 Å². The summed E-state index contributed by atoms with van der Waals surface area (Å²) in [6.45, 7) is 0.354. The summed E-state index contributed by atoms with van der Waals surface area (Å²) in [6, 6.07) is 5.60. The monoisotopic (exact) mass is 333 g/mol. The van der Waals surface area contributed by atoms with Gasteiger partial charge in [0.15, 0.2) is 11.5 Å². The first-order valence-corrected chi connectivity index (χ1v) is 8.42. The maximum atomic E-state index is 11.9. The third-order valence-corrected chi connectivity index (χ3v) is 4.74. The van der Waals surface area contributed by atoms with E-state index in [4.69, 9.17) is 14.6 Å². The Balaban J connectivity index is 1.59. The summed E-state index contributed by atoms with van der Waals surface area (Å²) >= 11 is 0. The Labute approximate surface area is 141 Å². The van der Waals surface area contributed by atoms with Crippen molar-refractivity contribution in [3.63, 3.8) is 0 Å². The maximum Gasteiger partial charge on any atom is 0.307 e. The van der Waals surface area contributed by atoms with E-state index in [0.717, 1.165) is 18.4 Å². The van der Waals surface area contributed by atoms with Crippen molar-refractivity contribution in [2.24, 2.45) is 11.8 Å². The van der Waals surface area contributed by atoms with E-state index in [0.29, 0.717) is 24.5 Å². The molecule has 3 rings (SSSR count). The molecule has 0 aromatic heterocycles. The molecule has 1 aromatic rings. The van der Waals surface area contributed by atoms with Crippen LogP contribution >= 0.6 is 0 Å². The van der Waals surface area contributed by atoms with Crippen molar-refractivity contribution in [2.75, 3.05) is 7.11 Å². The van der Waals surface area contributed by atoms with E-state index in [1.807, 2.05) is 18.2 Å². The Morgan fingerprint density at radius 2 is 1.96 bits per heavy atom. The molecule has 2 saturated carbocycles. The Morgan fingerprint density at radius 3 is 2.58 bits per heavy atom. The SMILES string of the molecule is COc1ccc(CNC(=O)[C@@H]2C[C@@H]2C(=O)O)cc1OC1CCCC1. The van der Waals surface area contributed by atoms with Gasteiger partial charge in [0.05, 0.1) is 25.0 Å². The predicted octanol–water partition coefficient (Wildman–Crippen LogP) is 2.35. The number of rotatable bonds is 7. The van der Waals surface area contributed by atoms with Gasteiger partial charge >= 0.3 is 5.97 Å². The molecule has 0 spiro atoms. The molecule has 130 valence electrons. The summed E-state index contributed by atoms with van der Waals surface area (Å²) in [5, 5.41) is 11.7. The van der Waals surface area contributed by atoms with Gasteiger partial charge in [-0.05, 0) is 49.8 Å². The van der Waals surface area contributed by atoms with Gasteiger partial charge in [0.2, 0.25) is 5.91 Å². The van der Waals surface area contributed by atoms with Crippen LogP contribution in [0, 0.1) is 11.8 Å². The minimum absolute atomic E-state index is 0.198. The van der Waals surface area contributed by atoms with Gasteiger partial charge in [-0.3, -0.25) is 9.59 Å². The number of carbonyl (C=O) groups is 2. The van der Waals surface area contributed by atoms with Gasteiger partial charge in [-0.1, -0.05) is 6.07 Å². The lowest BCUT2D eigenvalue weighted by Crippen LogP contribution is -2.26. The maximum absolute atomic E-state index is 11.9. The van der Waals surface area contributed by atoms with E-state index in [1.54, 1.807) is 7.11 Å². The van der Waals surface area contributed by atoms with Gasteiger partial charge in [-0.2, -0.15) is 0 Å². The van der Waals surface area contributed by atoms with Crippen LogP contribution in [0.4, 0.5) is 0 Å². The fourth-order valence-electron chi connectivity index (χ4n) is 3.19. The number of hydrogen-bond acceptors (Lipinski definition) is 4. The highest BCUT2D eigenvalue weighted by Crippen LogP contribution is 2.38. The van der Waals surface area contributed by atoms with Gasteiger partial charge in [0.25, 0.3) is 0 Å². The molecule has 2 aliphatic rings. The molecule has 2 aliphatic carbocycles. The highest BCUT2D eigenvalue weighted by molar-refractivity contribution is 5.89. The number of amides is 1. The lowest BCUT2D eigenvalue weighted by atomic mass is 10.2. The van der Waals surface area contributed by atoms with Crippen LogP contribution in [0.5, 0.6) is 11.5 Å². The van der Waals surface area contributed by atoms with E-state index in [1.165, 1.54) is 12.8 Å². The van der Waals surface area contributed by atoms with Crippen molar-refractivity contribution in [1.29, 1.82) is 0 Å². The lowest BCUT2D eigenvalue weighted by Gasteiger charge is -2.17. The molecule has 0 unspecified atom stereocenters.